The fraction of sp³-hybridized carbons (Fsp3) is 0.559. The van der Waals surface area contributed by atoms with Crippen LogP contribution in [0, 0.1) is 0 Å². The van der Waals surface area contributed by atoms with Crippen molar-refractivity contribution in [1.29, 1.82) is 0 Å². The van der Waals surface area contributed by atoms with E-state index in [1.54, 1.807) is 20.3 Å². The van der Waals surface area contributed by atoms with Gasteiger partial charge < -0.3 is 27.8 Å². The van der Waals surface area contributed by atoms with Crippen LogP contribution in [0.3, 0.4) is 0 Å². The predicted molar refractivity (Wildman–Crippen MR) is 179 cm³/mol. The Labute approximate surface area is 262 Å². The van der Waals surface area contributed by atoms with Crippen LogP contribution in [0.15, 0.2) is 72.8 Å². The van der Waals surface area contributed by atoms with E-state index in [-0.39, 0.29) is 23.7 Å². The maximum Gasteiger partial charge on any atom is 0.261 e. The molecule has 9 heteroatoms. The first-order valence-corrected chi connectivity index (χ1v) is 19.8. The standard InChI is InChI=1S/C34H54O7Si2/c1-27(40-43(34(5,6)7,28-19-14-12-15-20-28)29-21-16-13-17-22-29)31(39-26-37-9)32(41-42(10,11)33(2,3)4)30(23-18-24-35)38-25-36-8/h12-24,27,30-32H,25-26H2,1-11H3/b23-18+/t27-,30+,31-,32-/m0/s1. The van der Waals surface area contributed by atoms with E-state index in [0.29, 0.717) is 0 Å². The molecule has 0 aliphatic heterocycles. The number of rotatable bonds is 17. The number of allylic oxidation sites excluding steroid dienone is 1. The van der Waals surface area contributed by atoms with Gasteiger partial charge in [-0.1, -0.05) is 102 Å². The van der Waals surface area contributed by atoms with E-state index in [4.69, 9.17) is 27.8 Å². The first-order chi connectivity index (χ1) is 20.2. The van der Waals surface area contributed by atoms with Gasteiger partial charge in [0.2, 0.25) is 0 Å². The van der Waals surface area contributed by atoms with Crippen molar-refractivity contribution >= 4 is 33.3 Å². The zero-order valence-electron chi connectivity index (χ0n) is 28.1. The highest BCUT2D eigenvalue weighted by atomic mass is 28.4. The monoisotopic (exact) mass is 630 g/mol. The maximum atomic E-state index is 11.5. The lowest BCUT2D eigenvalue weighted by Gasteiger charge is -2.48. The van der Waals surface area contributed by atoms with Gasteiger partial charge in [-0.3, -0.25) is 4.79 Å². The lowest BCUT2D eigenvalue weighted by atomic mass is 10.0. The Morgan fingerprint density at radius 2 is 1.21 bits per heavy atom. The van der Waals surface area contributed by atoms with Gasteiger partial charge in [-0.15, -0.1) is 0 Å². The van der Waals surface area contributed by atoms with Crippen molar-refractivity contribution in [2.75, 3.05) is 27.8 Å². The van der Waals surface area contributed by atoms with Gasteiger partial charge >= 0.3 is 0 Å². The van der Waals surface area contributed by atoms with Crippen LogP contribution < -0.4 is 10.4 Å². The summed E-state index contributed by atoms with van der Waals surface area (Å²) in [6, 6.07) is 21.0. The quantitative estimate of drug-likeness (QED) is 0.0909. The Kier molecular flexibility index (Phi) is 14.2. The van der Waals surface area contributed by atoms with Gasteiger partial charge in [0.05, 0.1) is 6.10 Å². The van der Waals surface area contributed by atoms with E-state index in [2.05, 4.69) is 103 Å². The normalized spacial score (nSPS) is 16.2. The number of aldehydes is 1. The second-order valence-corrected chi connectivity index (χ2v) is 22.4. The molecular formula is C34H54O7Si2. The fourth-order valence-corrected chi connectivity index (χ4v) is 11.1. The molecule has 0 radical (unpaired) electrons. The summed E-state index contributed by atoms with van der Waals surface area (Å²) in [5.74, 6) is 0. The van der Waals surface area contributed by atoms with Crippen molar-refractivity contribution in [3.63, 3.8) is 0 Å². The van der Waals surface area contributed by atoms with E-state index < -0.39 is 41.1 Å². The highest BCUT2D eigenvalue weighted by Crippen LogP contribution is 2.41. The van der Waals surface area contributed by atoms with E-state index in [9.17, 15) is 4.79 Å². The summed E-state index contributed by atoms with van der Waals surface area (Å²) in [7, 11) is -2.17. The molecule has 240 valence electrons. The Balaban J connectivity index is 2.79. The third-order valence-corrected chi connectivity index (χ3v) is 17.9. The molecule has 2 aromatic rings. The predicted octanol–water partition coefficient (Wildman–Crippen LogP) is 6.08. The van der Waals surface area contributed by atoms with Gasteiger partial charge in [0, 0.05) is 14.2 Å². The molecule has 0 spiro atoms. The summed E-state index contributed by atoms with van der Waals surface area (Å²) in [5.41, 5.74) is 0. The van der Waals surface area contributed by atoms with Crippen molar-refractivity contribution in [2.45, 2.75) is 96.1 Å². The number of carbonyl (C=O) groups excluding carboxylic acids is 1. The van der Waals surface area contributed by atoms with Gasteiger partial charge in [-0.2, -0.15) is 0 Å². The molecule has 0 saturated carbocycles. The summed E-state index contributed by atoms with van der Waals surface area (Å²) >= 11 is 0. The fourth-order valence-electron chi connectivity index (χ4n) is 5.08. The Hall–Kier alpha value is -1.96. The molecule has 43 heavy (non-hydrogen) atoms. The van der Waals surface area contributed by atoms with Crippen LogP contribution in [0.2, 0.25) is 23.2 Å². The van der Waals surface area contributed by atoms with Crippen molar-refractivity contribution in [3.8, 4) is 0 Å². The van der Waals surface area contributed by atoms with Crippen LogP contribution in [-0.2, 0) is 32.6 Å². The largest absolute Gasteiger partial charge is 0.408 e. The molecule has 0 unspecified atom stereocenters. The van der Waals surface area contributed by atoms with Crippen LogP contribution in [0.4, 0.5) is 0 Å². The Morgan fingerprint density at radius 1 is 0.721 bits per heavy atom. The van der Waals surface area contributed by atoms with Gasteiger partial charge in [-0.05, 0) is 52.6 Å². The molecular weight excluding hydrogens is 577 g/mol. The van der Waals surface area contributed by atoms with E-state index >= 15 is 0 Å². The molecule has 0 N–H and O–H groups in total. The van der Waals surface area contributed by atoms with Crippen molar-refractivity contribution in [3.05, 3.63) is 72.8 Å². The third-order valence-electron chi connectivity index (χ3n) is 8.26. The van der Waals surface area contributed by atoms with Crippen LogP contribution in [0.25, 0.3) is 0 Å². The van der Waals surface area contributed by atoms with E-state index in [1.807, 2.05) is 19.1 Å². The molecule has 0 heterocycles. The second-order valence-electron chi connectivity index (χ2n) is 13.4. The summed E-state index contributed by atoms with van der Waals surface area (Å²) in [4.78, 5) is 11.5. The summed E-state index contributed by atoms with van der Waals surface area (Å²) in [6.45, 7) is 19.8. The molecule has 4 atom stereocenters. The Morgan fingerprint density at radius 3 is 1.63 bits per heavy atom. The molecule has 2 aromatic carbocycles. The molecule has 0 aliphatic rings. The molecule has 0 bridgehead atoms. The number of methoxy groups -OCH3 is 2. The van der Waals surface area contributed by atoms with Gasteiger partial charge in [0.1, 0.15) is 38.2 Å². The third kappa shape index (κ3) is 9.52. The van der Waals surface area contributed by atoms with Gasteiger partial charge in [0.25, 0.3) is 8.32 Å². The minimum Gasteiger partial charge on any atom is -0.408 e. The Bertz CT molecular complexity index is 1070. The van der Waals surface area contributed by atoms with Crippen LogP contribution in [0.5, 0.6) is 0 Å². The molecule has 0 fully saturated rings. The lowest BCUT2D eigenvalue weighted by Crippen LogP contribution is -2.69. The summed E-state index contributed by atoms with van der Waals surface area (Å²) in [6.07, 6.45) is 1.52. The minimum atomic E-state index is -2.95. The average Bonchev–Trinajstić information content (AvgIpc) is 2.95. The van der Waals surface area contributed by atoms with Crippen molar-refractivity contribution < 1.29 is 32.6 Å². The number of hydrogen-bond acceptors (Lipinski definition) is 7. The van der Waals surface area contributed by atoms with Gasteiger partial charge in [0.15, 0.2) is 8.32 Å². The number of carbonyl (C=O) groups is 1. The maximum absolute atomic E-state index is 11.5. The highest BCUT2D eigenvalue weighted by Gasteiger charge is 2.53. The number of benzene rings is 2. The van der Waals surface area contributed by atoms with E-state index in [1.165, 1.54) is 16.4 Å². The van der Waals surface area contributed by atoms with E-state index in [0.717, 1.165) is 6.29 Å². The number of hydrogen-bond donors (Lipinski definition) is 0. The lowest BCUT2D eigenvalue weighted by molar-refractivity contribution is -0.174. The zero-order valence-corrected chi connectivity index (χ0v) is 30.1. The smallest absolute Gasteiger partial charge is 0.261 e. The highest BCUT2D eigenvalue weighted by molar-refractivity contribution is 6.99. The summed E-state index contributed by atoms with van der Waals surface area (Å²) in [5, 5.41) is 2.00. The molecule has 7 nitrogen and oxygen atoms in total. The van der Waals surface area contributed by atoms with Crippen LogP contribution >= 0.6 is 0 Å². The average molecular weight is 631 g/mol. The van der Waals surface area contributed by atoms with Crippen molar-refractivity contribution in [2.24, 2.45) is 0 Å². The first-order valence-electron chi connectivity index (χ1n) is 15.0. The minimum absolute atomic E-state index is 0.0200. The molecule has 0 saturated heterocycles. The van der Waals surface area contributed by atoms with Crippen molar-refractivity contribution in [1.82, 2.24) is 0 Å². The molecule has 0 aliphatic carbocycles. The molecule has 0 aromatic heterocycles. The van der Waals surface area contributed by atoms with Gasteiger partial charge in [-0.25, -0.2) is 0 Å². The first kappa shape index (κ1) is 37.2. The van der Waals surface area contributed by atoms with Crippen LogP contribution in [0.1, 0.15) is 48.5 Å². The second kappa shape index (κ2) is 16.4. The zero-order chi connectivity index (χ0) is 32.3. The topological polar surface area (TPSA) is 72.5 Å². The molecule has 2 rings (SSSR count). The summed E-state index contributed by atoms with van der Waals surface area (Å²) < 4.78 is 37.9. The number of ether oxygens (including phenoxy) is 4. The molecule has 0 amide bonds. The van der Waals surface area contributed by atoms with Crippen LogP contribution in [-0.4, -0.2) is 75.1 Å². The SMILES string of the molecule is COCO[C@H]([C@@H](O[Si](C)(C)C(C)(C)C)[C@@H](/C=C/C=O)OCOC)[C@H](C)O[Si](c1ccccc1)(c1ccccc1)C(C)(C)C.